The van der Waals surface area contributed by atoms with Gasteiger partial charge in [0, 0.05) is 13.0 Å². The Hall–Kier alpha value is 0.380. The fourth-order valence-corrected chi connectivity index (χ4v) is 3.05. The Morgan fingerprint density at radius 1 is 0.885 bits per heavy atom. The molecule has 0 fully saturated rings. The Morgan fingerprint density at radius 3 is 1.65 bits per heavy atom. The topological polar surface area (TPSA) is 83.5 Å². The predicted octanol–water partition coefficient (Wildman–Crippen LogP) is 1.98. The maximum absolute atomic E-state index is 11.6. The molecule has 1 amide bonds. The summed E-state index contributed by atoms with van der Waals surface area (Å²) in [6.45, 7) is 3.59. The van der Waals surface area contributed by atoms with Gasteiger partial charge in [0.1, 0.15) is 5.25 Å². The van der Waals surface area contributed by atoms with Crippen molar-refractivity contribution in [1.29, 1.82) is 0 Å². The number of hydrogen-bond acceptors (Lipinski definition) is 3. The third-order valence-electron chi connectivity index (χ3n) is 4.60. The van der Waals surface area contributed by atoms with Gasteiger partial charge in [-0.2, -0.15) is 8.42 Å². The summed E-state index contributed by atoms with van der Waals surface area (Å²) in [6.07, 6.45) is 16.9. The maximum Gasteiger partial charge on any atom is 1.00 e. The number of carbonyl (C=O) groups excluding carboxylic acids is 1. The van der Waals surface area contributed by atoms with Crippen molar-refractivity contribution in [1.82, 2.24) is 5.32 Å². The SMILES string of the molecule is CCCCCCCCCCCCCCCC(=O)NCC(C)S(=O)(=O)O.[H-].[Na+]. The van der Waals surface area contributed by atoms with Gasteiger partial charge in [-0.05, 0) is 13.3 Å². The molecule has 0 rings (SSSR count). The second kappa shape index (κ2) is 18.7. The molecule has 1 atom stereocenters. The number of unbranched alkanes of at least 4 members (excludes halogenated alkanes) is 12. The average molecular weight is 402 g/mol. The molecule has 0 spiro atoms. The van der Waals surface area contributed by atoms with Crippen LogP contribution in [0, 0.1) is 0 Å². The Bertz CT molecular complexity index is 435. The standard InChI is InChI=1S/C19H39NO4S.Na.H/c1-3-4-5-6-7-8-9-10-11-12-13-14-15-16-19(21)20-17-18(2)25(22,23)24;;/h18H,3-17H2,1-2H3,(H,20,21)(H,22,23,24);;/q;+1;-1. The average Bonchev–Trinajstić information content (AvgIpc) is 2.56. The number of hydrogen-bond donors (Lipinski definition) is 2. The van der Waals surface area contributed by atoms with Crippen molar-refractivity contribution in [3.05, 3.63) is 0 Å². The molecule has 0 aromatic heterocycles. The minimum atomic E-state index is -4.06. The minimum Gasteiger partial charge on any atom is -1.00 e. The van der Waals surface area contributed by atoms with Crippen LogP contribution in [-0.4, -0.2) is 30.7 Å². The molecule has 0 aromatic rings. The van der Waals surface area contributed by atoms with Gasteiger partial charge in [0.25, 0.3) is 10.1 Å². The van der Waals surface area contributed by atoms with Crippen LogP contribution in [0.4, 0.5) is 0 Å². The Balaban J connectivity index is -0.00000288. The Labute approximate surface area is 185 Å². The fraction of sp³-hybridized carbons (Fsp3) is 0.947. The normalized spacial score (nSPS) is 12.4. The van der Waals surface area contributed by atoms with Crippen LogP contribution < -0.4 is 34.9 Å². The van der Waals surface area contributed by atoms with Crippen LogP contribution in [0.1, 0.15) is 105 Å². The smallest absolute Gasteiger partial charge is 1.00 e. The molecular weight excluding hydrogens is 361 g/mol. The molecule has 152 valence electrons. The van der Waals surface area contributed by atoms with Crippen molar-refractivity contribution < 1.29 is 48.7 Å². The van der Waals surface area contributed by atoms with Crippen LogP contribution >= 0.6 is 0 Å². The quantitative estimate of drug-likeness (QED) is 0.222. The van der Waals surface area contributed by atoms with Crippen LogP contribution in [0.3, 0.4) is 0 Å². The van der Waals surface area contributed by atoms with Crippen molar-refractivity contribution in [3.63, 3.8) is 0 Å². The van der Waals surface area contributed by atoms with Gasteiger partial charge in [-0.25, -0.2) is 0 Å². The van der Waals surface area contributed by atoms with Crippen LogP contribution in [0.2, 0.25) is 0 Å². The molecule has 2 N–H and O–H groups in total. The zero-order chi connectivity index (χ0) is 19.0. The summed E-state index contributed by atoms with van der Waals surface area (Å²) in [5.41, 5.74) is 0. The maximum atomic E-state index is 11.6. The molecule has 0 saturated carbocycles. The molecule has 0 saturated heterocycles. The van der Waals surface area contributed by atoms with Gasteiger partial charge in [-0.15, -0.1) is 0 Å². The molecule has 0 heterocycles. The van der Waals surface area contributed by atoms with E-state index in [1.165, 1.54) is 71.1 Å². The van der Waals surface area contributed by atoms with Gasteiger partial charge in [0.2, 0.25) is 5.91 Å². The number of rotatable bonds is 17. The van der Waals surface area contributed by atoms with E-state index in [0.29, 0.717) is 6.42 Å². The van der Waals surface area contributed by atoms with Crippen molar-refractivity contribution in [2.75, 3.05) is 6.54 Å². The predicted molar refractivity (Wildman–Crippen MR) is 105 cm³/mol. The fourth-order valence-electron chi connectivity index (χ4n) is 2.75. The van der Waals surface area contributed by atoms with E-state index in [1.54, 1.807) is 0 Å². The molecule has 0 aliphatic heterocycles. The van der Waals surface area contributed by atoms with E-state index in [4.69, 9.17) is 4.55 Å². The van der Waals surface area contributed by atoms with Gasteiger partial charge < -0.3 is 6.74 Å². The van der Waals surface area contributed by atoms with E-state index in [1.807, 2.05) is 0 Å². The monoisotopic (exact) mass is 401 g/mol. The summed E-state index contributed by atoms with van der Waals surface area (Å²) >= 11 is 0. The van der Waals surface area contributed by atoms with E-state index in [-0.39, 0.29) is 43.4 Å². The molecule has 0 aliphatic rings. The van der Waals surface area contributed by atoms with Crippen molar-refractivity contribution in [2.24, 2.45) is 0 Å². The Kier molecular flexibility index (Phi) is 20.6. The van der Waals surface area contributed by atoms with Crippen LogP contribution in [0.25, 0.3) is 0 Å². The molecule has 0 aliphatic carbocycles. The minimum absolute atomic E-state index is 0. The molecule has 26 heavy (non-hydrogen) atoms. The molecule has 7 heteroatoms. The number of carbonyl (C=O) groups is 1. The van der Waals surface area contributed by atoms with Crippen LogP contribution in [-0.2, 0) is 14.9 Å². The molecule has 0 radical (unpaired) electrons. The first kappa shape index (κ1) is 28.6. The molecular formula is C19H40NNaO4S. The largest absolute Gasteiger partial charge is 1.00 e. The van der Waals surface area contributed by atoms with Crippen molar-refractivity contribution in [2.45, 2.75) is 109 Å². The van der Waals surface area contributed by atoms with Crippen LogP contribution in [0.15, 0.2) is 0 Å². The molecule has 1 unspecified atom stereocenters. The second-order valence-electron chi connectivity index (χ2n) is 7.12. The van der Waals surface area contributed by atoms with E-state index >= 15 is 0 Å². The van der Waals surface area contributed by atoms with Gasteiger partial charge in [0.15, 0.2) is 0 Å². The van der Waals surface area contributed by atoms with Crippen molar-refractivity contribution >= 4 is 16.0 Å². The summed E-state index contributed by atoms with van der Waals surface area (Å²) in [5.74, 6) is -0.140. The van der Waals surface area contributed by atoms with E-state index in [9.17, 15) is 13.2 Å². The first-order valence-corrected chi connectivity index (χ1v) is 11.6. The number of nitrogens with one attached hydrogen (secondary N) is 1. The van der Waals surface area contributed by atoms with Gasteiger partial charge in [0.05, 0.1) is 0 Å². The van der Waals surface area contributed by atoms with Crippen molar-refractivity contribution in [3.8, 4) is 0 Å². The van der Waals surface area contributed by atoms with Crippen LogP contribution in [0.5, 0.6) is 0 Å². The first-order valence-electron chi connectivity index (χ1n) is 10.1. The van der Waals surface area contributed by atoms with E-state index in [0.717, 1.165) is 19.3 Å². The third kappa shape index (κ3) is 19.2. The molecule has 0 aromatic carbocycles. The third-order valence-corrected chi connectivity index (χ3v) is 5.79. The molecule has 5 nitrogen and oxygen atoms in total. The molecule has 0 bridgehead atoms. The van der Waals surface area contributed by atoms with Gasteiger partial charge in [-0.3, -0.25) is 9.35 Å². The van der Waals surface area contributed by atoms with E-state index < -0.39 is 15.4 Å². The zero-order valence-corrected chi connectivity index (χ0v) is 20.1. The first-order chi connectivity index (χ1) is 11.9. The summed E-state index contributed by atoms with van der Waals surface area (Å²) in [4.78, 5) is 11.6. The summed E-state index contributed by atoms with van der Waals surface area (Å²) in [5, 5.41) is 1.60. The summed E-state index contributed by atoms with van der Waals surface area (Å²) in [6, 6.07) is 0. The van der Waals surface area contributed by atoms with Gasteiger partial charge in [-0.1, -0.05) is 84.0 Å². The van der Waals surface area contributed by atoms with E-state index in [2.05, 4.69) is 12.2 Å². The second-order valence-corrected chi connectivity index (χ2v) is 8.96. The summed E-state index contributed by atoms with van der Waals surface area (Å²) < 4.78 is 30.5. The van der Waals surface area contributed by atoms with Gasteiger partial charge >= 0.3 is 29.6 Å². The Morgan fingerprint density at radius 2 is 1.27 bits per heavy atom. The summed E-state index contributed by atoms with van der Waals surface area (Å²) in [7, 11) is -4.06. The zero-order valence-electron chi connectivity index (χ0n) is 18.3. The number of amides is 1.